The normalized spacial score (nSPS) is 12.1. The lowest BCUT2D eigenvalue weighted by Crippen LogP contribution is -1.87. The van der Waals surface area contributed by atoms with Gasteiger partial charge in [0.2, 0.25) is 0 Å². The number of hydrogen-bond acceptors (Lipinski definition) is 0. The number of benzene rings is 5. The summed E-state index contributed by atoms with van der Waals surface area (Å²) in [4.78, 5) is 0. The standard InChI is InChI=1S/C20H10Br2/c21-13-9-12-7-8-17(22)20-15-6-2-4-11-3-1-5-14(18(11)15)16(10-13)19(12)20/h1-10H. The predicted octanol–water partition coefficient (Wildman–Crippen LogP) is 7.26. The Morgan fingerprint density at radius 3 is 2.14 bits per heavy atom. The number of hydrogen-bond donors (Lipinski definition) is 0. The van der Waals surface area contributed by atoms with Crippen molar-refractivity contribution in [1.29, 1.82) is 0 Å². The molecule has 5 aromatic carbocycles. The van der Waals surface area contributed by atoms with Crippen LogP contribution in [-0.2, 0) is 0 Å². The Balaban J connectivity index is 2.31. The van der Waals surface area contributed by atoms with E-state index in [4.69, 9.17) is 0 Å². The molecule has 0 saturated carbocycles. The predicted molar refractivity (Wildman–Crippen MR) is 103 cm³/mol. The summed E-state index contributed by atoms with van der Waals surface area (Å²) in [6.45, 7) is 0. The minimum absolute atomic E-state index is 1.12. The molecule has 22 heavy (non-hydrogen) atoms. The van der Waals surface area contributed by atoms with E-state index >= 15 is 0 Å². The molecule has 0 saturated heterocycles. The molecule has 0 aromatic heterocycles. The van der Waals surface area contributed by atoms with E-state index in [-0.39, 0.29) is 0 Å². The van der Waals surface area contributed by atoms with Gasteiger partial charge in [0.05, 0.1) is 0 Å². The summed E-state index contributed by atoms with van der Waals surface area (Å²) in [5.74, 6) is 0. The van der Waals surface area contributed by atoms with E-state index < -0.39 is 0 Å². The Morgan fingerprint density at radius 2 is 1.32 bits per heavy atom. The van der Waals surface area contributed by atoms with Crippen LogP contribution in [0.2, 0.25) is 0 Å². The first kappa shape index (κ1) is 12.9. The molecule has 0 aliphatic carbocycles. The maximum Gasteiger partial charge on any atom is 0.0260 e. The topological polar surface area (TPSA) is 0 Å². The number of fused-ring (bicyclic) bond motifs is 2. The van der Waals surface area contributed by atoms with Gasteiger partial charge in [-0.15, -0.1) is 0 Å². The Labute approximate surface area is 144 Å². The zero-order valence-electron chi connectivity index (χ0n) is 11.5. The molecule has 104 valence electrons. The van der Waals surface area contributed by atoms with Gasteiger partial charge in [-0.3, -0.25) is 0 Å². The van der Waals surface area contributed by atoms with Crippen molar-refractivity contribution in [2.45, 2.75) is 0 Å². The van der Waals surface area contributed by atoms with Crippen molar-refractivity contribution < 1.29 is 0 Å². The van der Waals surface area contributed by atoms with Crippen LogP contribution >= 0.6 is 31.9 Å². The molecule has 0 nitrogen and oxygen atoms in total. The van der Waals surface area contributed by atoms with Crippen LogP contribution in [0.15, 0.2) is 69.6 Å². The van der Waals surface area contributed by atoms with Crippen LogP contribution in [0, 0.1) is 0 Å². The lowest BCUT2D eigenvalue weighted by atomic mass is 9.90. The second-order valence-corrected chi connectivity index (χ2v) is 7.45. The first-order chi connectivity index (χ1) is 10.7. The third-order valence-electron chi connectivity index (χ3n) is 4.50. The Kier molecular flexibility index (Phi) is 2.59. The number of rotatable bonds is 0. The highest BCUT2D eigenvalue weighted by atomic mass is 79.9. The third kappa shape index (κ3) is 1.57. The third-order valence-corrected chi connectivity index (χ3v) is 5.61. The fourth-order valence-corrected chi connectivity index (χ4v) is 4.67. The summed E-state index contributed by atoms with van der Waals surface area (Å²) < 4.78 is 2.28. The van der Waals surface area contributed by atoms with Gasteiger partial charge in [-0.05, 0) is 55.9 Å². The van der Waals surface area contributed by atoms with Crippen LogP contribution in [0.1, 0.15) is 0 Å². The quantitative estimate of drug-likeness (QED) is 0.186. The van der Waals surface area contributed by atoms with Gasteiger partial charge >= 0.3 is 0 Å². The minimum atomic E-state index is 1.12. The summed E-state index contributed by atoms with van der Waals surface area (Å²) in [6, 6.07) is 21.9. The molecule has 0 amide bonds. The molecule has 0 fully saturated rings. The van der Waals surface area contributed by atoms with Crippen molar-refractivity contribution in [2.24, 2.45) is 0 Å². The summed E-state index contributed by atoms with van der Waals surface area (Å²) in [5, 5.41) is 10.5. The van der Waals surface area contributed by atoms with Gasteiger partial charge in [-0.25, -0.2) is 0 Å². The van der Waals surface area contributed by atoms with Gasteiger partial charge in [-0.1, -0.05) is 74.3 Å². The summed E-state index contributed by atoms with van der Waals surface area (Å²) in [6.07, 6.45) is 0. The largest absolute Gasteiger partial charge is 0.0610 e. The van der Waals surface area contributed by atoms with E-state index in [0.717, 1.165) is 8.95 Å². The van der Waals surface area contributed by atoms with Crippen LogP contribution in [0.4, 0.5) is 0 Å². The Bertz CT molecular complexity index is 1180. The first-order valence-electron chi connectivity index (χ1n) is 7.18. The SMILES string of the molecule is Brc1cc2ccc(Br)c3c4cccc5cccc(c(c1)c23)c54. The lowest BCUT2D eigenvalue weighted by molar-refractivity contribution is 1.73. The fourth-order valence-electron chi connectivity index (χ4n) is 3.65. The lowest BCUT2D eigenvalue weighted by Gasteiger charge is -2.15. The van der Waals surface area contributed by atoms with Gasteiger partial charge in [0.1, 0.15) is 0 Å². The Morgan fingerprint density at radius 1 is 0.545 bits per heavy atom. The van der Waals surface area contributed by atoms with E-state index in [1.807, 2.05) is 0 Å². The number of halogens is 2. The zero-order chi connectivity index (χ0) is 14.8. The average Bonchev–Trinajstić information content (AvgIpc) is 2.53. The molecule has 5 aromatic rings. The molecule has 0 aliphatic heterocycles. The van der Waals surface area contributed by atoms with E-state index in [1.54, 1.807) is 0 Å². The highest BCUT2D eigenvalue weighted by Gasteiger charge is 2.14. The van der Waals surface area contributed by atoms with Gasteiger partial charge in [0, 0.05) is 14.3 Å². The zero-order valence-corrected chi connectivity index (χ0v) is 14.7. The average molecular weight is 410 g/mol. The van der Waals surface area contributed by atoms with Crippen molar-refractivity contribution in [3.05, 3.63) is 69.6 Å². The van der Waals surface area contributed by atoms with Crippen molar-refractivity contribution in [1.82, 2.24) is 0 Å². The molecule has 0 aliphatic rings. The van der Waals surface area contributed by atoms with E-state index in [9.17, 15) is 0 Å². The van der Waals surface area contributed by atoms with E-state index in [1.165, 1.54) is 43.1 Å². The van der Waals surface area contributed by atoms with Gasteiger partial charge < -0.3 is 0 Å². The molecular formula is C20H10Br2. The molecule has 0 atom stereocenters. The van der Waals surface area contributed by atoms with Crippen molar-refractivity contribution in [3.8, 4) is 0 Å². The molecule has 0 radical (unpaired) electrons. The van der Waals surface area contributed by atoms with Crippen LogP contribution < -0.4 is 0 Å². The second kappa shape index (κ2) is 4.43. The highest BCUT2D eigenvalue weighted by Crippen LogP contribution is 2.43. The van der Waals surface area contributed by atoms with E-state index in [2.05, 4.69) is 92.5 Å². The maximum atomic E-state index is 3.77. The Hall–Kier alpha value is -1.64. The molecule has 2 heteroatoms. The van der Waals surface area contributed by atoms with Gasteiger partial charge in [0.25, 0.3) is 0 Å². The maximum absolute atomic E-state index is 3.77. The summed E-state index contributed by atoms with van der Waals surface area (Å²) >= 11 is 7.44. The van der Waals surface area contributed by atoms with E-state index in [0.29, 0.717) is 0 Å². The van der Waals surface area contributed by atoms with Crippen LogP contribution in [0.25, 0.3) is 43.1 Å². The van der Waals surface area contributed by atoms with Gasteiger partial charge in [-0.2, -0.15) is 0 Å². The monoisotopic (exact) mass is 408 g/mol. The summed E-state index contributed by atoms with van der Waals surface area (Å²) in [5.41, 5.74) is 0. The van der Waals surface area contributed by atoms with Gasteiger partial charge in [0.15, 0.2) is 0 Å². The van der Waals surface area contributed by atoms with Crippen LogP contribution in [-0.4, -0.2) is 0 Å². The molecule has 0 unspecified atom stereocenters. The smallest absolute Gasteiger partial charge is 0.0260 e. The van der Waals surface area contributed by atoms with Crippen molar-refractivity contribution >= 4 is 74.9 Å². The molecule has 0 N–H and O–H groups in total. The minimum Gasteiger partial charge on any atom is -0.0610 e. The first-order valence-corrected chi connectivity index (χ1v) is 8.77. The second-order valence-electron chi connectivity index (χ2n) is 5.68. The molecule has 5 rings (SSSR count). The van der Waals surface area contributed by atoms with Crippen molar-refractivity contribution in [2.75, 3.05) is 0 Å². The molecule has 0 bridgehead atoms. The molecule has 0 spiro atoms. The fraction of sp³-hybridized carbons (Fsp3) is 0. The molecular weight excluding hydrogens is 400 g/mol. The molecule has 0 heterocycles. The van der Waals surface area contributed by atoms with Crippen molar-refractivity contribution in [3.63, 3.8) is 0 Å². The highest BCUT2D eigenvalue weighted by molar-refractivity contribution is 9.11. The van der Waals surface area contributed by atoms with Crippen LogP contribution in [0.5, 0.6) is 0 Å². The van der Waals surface area contributed by atoms with Crippen LogP contribution in [0.3, 0.4) is 0 Å². The summed E-state index contributed by atoms with van der Waals surface area (Å²) in [7, 11) is 0.